The summed E-state index contributed by atoms with van der Waals surface area (Å²) in [4.78, 5) is 13.6. The van der Waals surface area contributed by atoms with Gasteiger partial charge in [0.1, 0.15) is 5.82 Å². The summed E-state index contributed by atoms with van der Waals surface area (Å²) >= 11 is 0. The number of rotatable bonds is 2. The molecule has 1 aromatic carbocycles. The zero-order chi connectivity index (χ0) is 14.9. The van der Waals surface area contributed by atoms with E-state index in [-0.39, 0.29) is 37.4 Å². The van der Waals surface area contributed by atoms with Crippen LogP contribution in [0.15, 0.2) is 18.2 Å². The number of hydrogen-bond acceptors (Lipinski definition) is 4. The number of benzene rings is 1. The molecule has 0 bridgehead atoms. The van der Waals surface area contributed by atoms with Crippen molar-refractivity contribution in [3.05, 3.63) is 29.6 Å². The van der Waals surface area contributed by atoms with E-state index in [1.807, 2.05) is 0 Å². The summed E-state index contributed by atoms with van der Waals surface area (Å²) in [6.45, 7) is 0.593. The molecule has 0 aliphatic carbocycles. The summed E-state index contributed by atoms with van der Waals surface area (Å²) in [6, 6.07) is 3.57. The lowest BCUT2D eigenvalue weighted by molar-refractivity contribution is 0.0698. The first-order valence-electron chi connectivity index (χ1n) is 5.91. The molecule has 0 spiro atoms. The van der Waals surface area contributed by atoms with E-state index in [0.29, 0.717) is 0 Å². The Bertz CT molecular complexity index is 627. The lowest BCUT2D eigenvalue weighted by Crippen LogP contribution is -2.52. The molecule has 1 aliphatic rings. The van der Waals surface area contributed by atoms with Crippen molar-refractivity contribution in [2.24, 2.45) is 5.14 Å². The first-order valence-corrected chi connectivity index (χ1v) is 7.41. The molecule has 9 heteroatoms. The van der Waals surface area contributed by atoms with Gasteiger partial charge < -0.3 is 10.6 Å². The van der Waals surface area contributed by atoms with Gasteiger partial charge >= 0.3 is 0 Å². The predicted molar refractivity (Wildman–Crippen MR) is 71.4 cm³/mol. The standard InChI is InChI=1S/C11H15FN4O3S/c12-8-1-2-10(13)9(7-8)11(17)15-3-5-16(6-4-15)20(14,18)19/h1-2,7H,3-6,13H2,(H2,14,18,19). The van der Waals surface area contributed by atoms with Crippen molar-refractivity contribution in [2.75, 3.05) is 31.9 Å². The highest BCUT2D eigenvalue weighted by Gasteiger charge is 2.27. The quantitative estimate of drug-likeness (QED) is 0.709. The highest BCUT2D eigenvalue weighted by molar-refractivity contribution is 7.86. The van der Waals surface area contributed by atoms with Crippen LogP contribution in [0.3, 0.4) is 0 Å². The topological polar surface area (TPSA) is 110 Å². The van der Waals surface area contributed by atoms with E-state index in [1.165, 1.54) is 17.0 Å². The second kappa shape index (κ2) is 5.35. The highest BCUT2D eigenvalue weighted by atomic mass is 32.2. The van der Waals surface area contributed by atoms with Gasteiger partial charge in [-0.2, -0.15) is 12.7 Å². The molecule has 0 saturated carbocycles. The van der Waals surface area contributed by atoms with Crippen LogP contribution in [0.2, 0.25) is 0 Å². The lowest BCUT2D eigenvalue weighted by atomic mass is 10.1. The van der Waals surface area contributed by atoms with Crippen molar-refractivity contribution in [2.45, 2.75) is 0 Å². The molecule has 1 aromatic rings. The molecule has 1 amide bonds. The van der Waals surface area contributed by atoms with Crippen LogP contribution in [-0.4, -0.2) is 49.7 Å². The molecule has 110 valence electrons. The normalized spacial score (nSPS) is 17.2. The zero-order valence-electron chi connectivity index (χ0n) is 10.6. The minimum absolute atomic E-state index is 0.0778. The second-order valence-corrected chi connectivity index (χ2v) is 6.01. The molecule has 1 saturated heterocycles. The molecule has 4 N–H and O–H groups in total. The highest BCUT2D eigenvalue weighted by Crippen LogP contribution is 2.17. The number of hydrogen-bond donors (Lipinski definition) is 2. The Morgan fingerprint density at radius 3 is 2.35 bits per heavy atom. The molecule has 0 aromatic heterocycles. The molecule has 1 aliphatic heterocycles. The van der Waals surface area contributed by atoms with E-state index in [9.17, 15) is 17.6 Å². The Kier molecular flexibility index (Phi) is 3.93. The molecular weight excluding hydrogens is 287 g/mol. The fourth-order valence-corrected chi connectivity index (χ4v) is 2.70. The van der Waals surface area contributed by atoms with Crippen LogP contribution in [0.4, 0.5) is 10.1 Å². The van der Waals surface area contributed by atoms with Gasteiger partial charge in [-0.25, -0.2) is 9.53 Å². The third-order valence-corrected chi connectivity index (χ3v) is 4.22. The van der Waals surface area contributed by atoms with Gasteiger partial charge in [-0.15, -0.1) is 0 Å². The molecule has 1 fully saturated rings. The molecule has 0 atom stereocenters. The third-order valence-electron chi connectivity index (χ3n) is 3.13. The minimum Gasteiger partial charge on any atom is -0.398 e. The van der Waals surface area contributed by atoms with Gasteiger partial charge in [-0.1, -0.05) is 0 Å². The number of nitrogens with zero attached hydrogens (tertiary/aromatic N) is 2. The van der Waals surface area contributed by atoms with E-state index < -0.39 is 21.9 Å². The number of nitrogens with two attached hydrogens (primary N) is 2. The van der Waals surface area contributed by atoms with Crippen LogP contribution in [0.25, 0.3) is 0 Å². The van der Waals surface area contributed by atoms with Crippen LogP contribution < -0.4 is 10.9 Å². The largest absolute Gasteiger partial charge is 0.398 e. The van der Waals surface area contributed by atoms with Crippen LogP contribution in [-0.2, 0) is 10.2 Å². The number of nitrogen functional groups attached to an aromatic ring is 1. The van der Waals surface area contributed by atoms with Crippen molar-refractivity contribution < 1.29 is 17.6 Å². The number of carbonyl (C=O) groups is 1. The molecule has 7 nitrogen and oxygen atoms in total. The first-order chi connectivity index (χ1) is 9.29. The number of halogens is 1. The fourth-order valence-electron chi connectivity index (χ4n) is 2.03. The van der Waals surface area contributed by atoms with Gasteiger partial charge in [0.25, 0.3) is 16.1 Å². The van der Waals surface area contributed by atoms with Crippen LogP contribution in [0, 0.1) is 5.82 Å². The molecular formula is C11H15FN4O3S. The zero-order valence-corrected chi connectivity index (χ0v) is 11.4. The van der Waals surface area contributed by atoms with E-state index in [0.717, 1.165) is 10.4 Å². The van der Waals surface area contributed by atoms with E-state index in [1.54, 1.807) is 0 Å². The smallest absolute Gasteiger partial charge is 0.277 e. The van der Waals surface area contributed by atoms with Crippen molar-refractivity contribution in [1.29, 1.82) is 0 Å². The Hall–Kier alpha value is -1.71. The number of anilines is 1. The van der Waals surface area contributed by atoms with Gasteiger partial charge in [0.05, 0.1) is 5.56 Å². The lowest BCUT2D eigenvalue weighted by Gasteiger charge is -2.33. The summed E-state index contributed by atoms with van der Waals surface area (Å²) in [7, 11) is -3.74. The summed E-state index contributed by atoms with van der Waals surface area (Å²) in [5.74, 6) is -0.971. The van der Waals surface area contributed by atoms with Crippen LogP contribution >= 0.6 is 0 Å². The van der Waals surface area contributed by atoms with Crippen molar-refractivity contribution >= 4 is 21.8 Å². The monoisotopic (exact) mass is 302 g/mol. The Morgan fingerprint density at radius 2 is 1.80 bits per heavy atom. The summed E-state index contributed by atoms with van der Waals surface area (Å²) in [5, 5.41) is 5.01. The summed E-state index contributed by atoms with van der Waals surface area (Å²) < 4.78 is 36.6. The summed E-state index contributed by atoms with van der Waals surface area (Å²) in [5.41, 5.74) is 5.92. The Morgan fingerprint density at radius 1 is 1.20 bits per heavy atom. The Labute approximate surface area is 116 Å². The SMILES string of the molecule is Nc1ccc(F)cc1C(=O)N1CCN(S(N)(=O)=O)CC1. The predicted octanol–water partition coefficient (Wildman–Crippen LogP) is -0.631. The van der Waals surface area contributed by atoms with E-state index in [4.69, 9.17) is 10.9 Å². The number of amides is 1. The van der Waals surface area contributed by atoms with Crippen LogP contribution in [0.1, 0.15) is 10.4 Å². The maximum absolute atomic E-state index is 13.2. The van der Waals surface area contributed by atoms with Gasteiger partial charge in [-0.3, -0.25) is 4.79 Å². The van der Waals surface area contributed by atoms with Gasteiger partial charge in [0.2, 0.25) is 0 Å². The molecule has 0 unspecified atom stereocenters. The van der Waals surface area contributed by atoms with Gasteiger partial charge in [0, 0.05) is 31.9 Å². The molecule has 2 rings (SSSR count). The second-order valence-electron chi connectivity index (χ2n) is 4.47. The van der Waals surface area contributed by atoms with E-state index >= 15 is 0 Å². The molecule has 1 heterocycles. The average molecular weight is 302 g/mol. The van der Waals surface area contributed by atoms with Gasteiger partial charge in [-0.05, 0) is 18.2 Å². The maximum atomic E-state index is 13.2. The Balaban J connectivity index is 2.11. The van der Waals surface area contributed by atoms with Gasteiger partial charge in [0.15, 0.2) is 0 Å². The van der Waals surface area contributed by atoms with Crippen molar-refractivity contribution in [3.8, 4) is 0 Å². The van der Waals surface area contributed by atoms with Crippen molar-refractivity contribution in [3.63, 3.8) is 0 Å². The number of carbonyl (C=O) groups excluding carboxylic acids is 1. The maximum Gasteiger partial charge on any atom is 0.277 e. The average Bonchev–Trinajstić information content (AvgIpc) is 2.40. The summed E-state index contributed by atoms with van der Waals surface area (Å²) in [6.07, 6.45) is 0. The van der Waals surface area contributed by atoms with Crippen molar-refractivity contribution in [1.82, 2.24) is 9.21 Å². The fraction of sp³-hybridized carbons (Fsp3) is 0.364. The van der Waals surface area contributed by atoms with Crippen LogP contribution in [0.5, 0.6) is 0 Å². The minimum atomic E-state index is -3.74. The first kappa shape index (κ1) is 14.7. The van der Waals surface area contributed by atoms with E-state index in [2.05, 4.69) is 0 Å². The molecule has 0 radical (unpaired) electrons. The number of piperazine rings is 1. The molecule has 20 heavy (non-hydrogen) atoms. The third kappa shape index (κ3) is 3.06.